The van der Waals surface area contributed by atoms with Crippen LogP contribution < -0.4 is 0 Å². The highest BCUT2D eigenvalue weighted by Crippen LogP contribution is 2.22. The number of rotatable bonds is 4. The largest absolute Gasteiger partial charge is 0.0918 e. The minimum atomic E-state index is -0.914. The fourth-order valence-corrected chi connectivity index (χ4v) is 3.55. The summed E-state index contributed by atoms with van der Waals surface area (Å²) in [6.07, 6.45) is 0. The molecule has 0 bridgehead atoms. The van der Waals surface area contributed by atoms with E-state index in [0.29, 0.717) is 0 Å². The Hall–Kier alpha value is 0.282. The van der Waals surface area contributed by atoms with Crippen LogP contribution in [-0.4, -0.2) is 15.9 Å². The van der Waals surface area contributed by atoms with Crippen LogP contribution in [0.3, 0.4) is 0 Å². The molecule has 0 atom stereocenters. The van der Waals surface area contributed by atoms with Crippen molar-refractivity contribution >= 4 is 15.9 Å². The molecule has 0 aliphatic carbocycles. The van der Waals surface area contributed by atoms with Crippen molar-refractivity contribution in [3.05, 3.63) is 0 Å². The average Bonchev–Trinajstić information content (AvgIpc) is 1.95. The molecule has 0 aliphatic rings. The van der Waals surface area contributed by atoms with E-state index in [2.05, 4.69) is 20.8 Å². The molecular weight excluding hydrogens is 123 g/mol. The smallest absolute Gasteiger partial charge is 0.0613 e. The van der Waals surface area contributed by atoms with Gasteiger partial charge < -0.3 is 0 Å². The molecule has 0 aromatic rings. The van der Waals surface area contributed by atoms with Crippen LogP contribution in [0.1, 0.15) is 20.8 Å². The lowest BCUT2D eigenvalue weighted by molar-refractivity contribution is 1.16. The van der Waals surface area contributed by atoms with Gasteiger partial charge in [-0.2, -0.15) is 0 Å². The first-order valence-corrected chi connectivity index (χ1v) is 6.77. The van der Waals surface area contributed by atoms with Crippen molar-refractivity contribution in [3.8, 4) is 0 Å². The molecule has 52 valence electrons. The third-order valence-corrected chi connectivity index (χ3v) is 8.05. The molecular formula is C7H17BSi. The molecule has 0 unspecified atom stereocenters. The van der Waals surface area contributed by atoms with Crippen LogP contribution >= 0.6 is 0 Å². The molecule has 0 aromatic carbocycles. The normalized spacial score (nSPS) is 11.9. The molecule has 9 heavy (non-hydrogen) atoms. The average molecular weight is 140 g/mol. The van der Waals surface area contributed by atoms with Crippen molar-refractivity contribution in [2.24, 2.45) is 0 Å². The maximum atomic E-state index is 5.70. The zero-order chi connectivity index (χ0) is 7.33. The molecule has 0 saturated heterocycles. The second-order valence-electron chi connectivity index (χ2n) is 2.76. The third kappa shape index (κ3) is 2.17. The van der Waals surface area contributed by atoms with E-state index in [1.54, 1.807) is 0 Å². The highest BCUT2D eigenvalue weighted by molar-refractivity contribution is 6.83. The van der Waals surface area contributed by atoms with Crippen molar-refractivity contribution in [2.75, 3.05) is 0 Å². The summed E-state index contributed by atoms with van der Waals surface area (Å²) < 4.78 is 0. The quantitative estimate of drug-likeness (QED) is 0.526. The summed E-state index contributed by atoms with van der Waals surface area (Å²) in [5, 5.41) is 0. The molecule has 0 fully saturated rings. The first-order valence-electron chi connectivity index (χ1n) is 3.94. The van der Waals surface area contributed by atoms with E-state index in [1.165, 1.54) is 18.1 Å². The van der Waals surface area contributed by atoms with E-state index in [9.17, 15) is 0 Å². The lowest BCUT2D eigenvalue weighted by Crippen LogP contribution is -2.30. The standard InChI is InChI=1S/C7H17BSi/c1-4-9(5-2,6-3)7-8/h4-7H2,1-3H3. The molecule has 0 saturated carbocycles. The summed E-state index contributed by atoms with van der Waals surface area (Å²) in [4.78, 5) is 0. The van der Waals surface area contributed by atoms with Gasteiger partial charge in [-0.3, -0.25) is 0 Å². The van der Waals surface area contributed by atoms with E-state index in [4.69, 9.17) is 7.85 Å². The Kier molecular flexibility index (Phi) is 4.28. The van der Waals surface area contributed by atoms with Crippen LogP contribution in [0.15, 0.2) is 0 Å². The highest BCUT2D eigenvalue weighted by atomic mass is 28.3. The van der Waals surface area contributed by atoms with E-state index < -0.39 is 8.07 Å². The molecule has 0 rings (SSSR count). The summed E-state index contributed by atoms with van der Waals surface area (Å²) >= 11 is 0. The van der Waals surface area contributed by atoms with Gasteiger partial charge in [0.05, 0.1) is 7.85 Å². The van der Waals surface area contributed by atoms with Crippen molar-refractivity contribution in [1.29, 1.82) is 0 Å². The van der Waals surface area contributed by atoms with E-state index in [0.717, 1.165) is 5.94 Å². The Balaban J connectivity index is 3.82. The molecule has 0 nitrogen and oxygen atoms in total. The Bertz CT molecular complexity index is 51.8. The van der Waals surface area contributed by atoms with Gasteiger partial charge in [0.25, 0.3) is 0 Å². The molecule has 0 heterocycles. The highest BCUT2D eigenvalue weighted by Gasteiger charge is 2.22. The van der Waals surface area contributed by atoms with E-state index in [1.807, 2.05) is 0 Å². The summed E-state index contributed by atoms with van der Waals surface area (Å²) in [6, 6.07) is 4.07. The summed E-state index contributed by atoms with van der Waals surface area (Å²) in [6.45, 7) is 6.85. The van der Waals surface area contributed by atoms with Crippen LogP contribution in [0.5, 0.6) is 0 Å². The topological polar surface area (TPSA) is 0 Å². The molecule has 2 heteroatoms. The Morgan fingerprint density at radius 3 is 1.33 bits per heavy atom. The van der Waals surface area contributed by atoms with Gasteiger partial charge in [-0.05, 0) is 0 Å². The summed E-state index contributed by atoms with van der Waals surface area (Å²) in [7, 11) is 4.79. The zero-order valence-electron chi connectivity index (χ0n) is 6.91. The summed E-state index contributed by atoms with van der Waals surface area (Å²) in [5.41, 5.74) is 0. The van der Waals surface area contributed by atoms with Crippen molar-refractivity contribution in [3.63, 3.8) is 0 Å². The van der Waals surface area contributed by atoms with E-state index in [-0.39, 0.29) is 0 Å². The lowest BCUT2D eigenvalue weighted by atomic mass is 10.2. The maximum Gasteiger partial charge on any atom is 0.0613 e. The minimum absolute atomic E-state index is 0.914. The monoisotopic (exact) mass is 140 g/mol. The fourth-order valence-electron chi connectivity index (χ4n) is 1.18. The molecule has 0 aliphatic heterocycles. The minimum Gasteiger partial charge on any atom is -0.0918 e. The number of hydrogen-bond acceptors (Lipinski definition) is 0. The fraction of sp³-hybridized carbons (Fsp3) is 1.00. The molecule has 0 aromatic heterocycles. The van der Waals surface area contributed by atoms with Gasteiger partial charge in [0, 0.05) is 8.07 Å². The van der Waals surface area contributed by atoms with Crippen LogP contribution in [0.2, 0.25) is 24.1 Å². The van der Waals surface area contributed by atoms with Gasteiger partial charge >= 0.3 is 0 Å². The molecule has 0 N–H and O–H groups in total. The third-order valence-electron chi connectivity index (χ3n) is 2.68. The summed E-state index contributed by atoms with van der Waals surface area (Å²) in [5.74, 6) is 0.983. The van der Waals surface area contributed by atoms with Gasteiger partial charge in [-0.1, -0.05) is 44.8 Å². The van der Waals surface area contributed by atoms with Crippen molar-refractivity contribution < 1.29 is 0 Å². The number of hydrogen-bond donors (Lipinski definition) is 0. The first-order chi connectivity index (χ1) is 4.24. The zero-order valence-corrected chi connectivity index (χ0v) is 7.91. The first kappa shape index (κ1) is 9.28. The molecule has 0 amide bonds. The Morgan fingerprint density at radius 1 is 1.00 bits per heavy atom. The van der Waals surface area contributed by atoms with Crippen LogP contribution in [0, 0.1) is 0 Å². The van der Waals surface area contributed by atoms with Crippen molar-refractivity contribution in [1.82, 2.24) is 0 Å². The molecule has 2 radical (unpaired) electrons. The Morgan fingerprint density at radius 2 is 1.33 bits per heavy atom. The van der Waals surface area contributed by atoms with Gasteiger partial charge in [-0.25, -0.2) is 0 Å². The van der Waals surface area contributed by atoms with Crippen molar-refractivity contribution in [2.45, 2.75) is 44.8 Å². The van der Waals surface area contributed by atoms with E-state index >= 15 is 0 Å². The van der Waals surface area contributed by atoms with Gasteiger partial charge in [0.2, 0.25) is 0 Å². The molecule has 0 spiro atoms. The van der Waals surface area contributed by atoms with Crippen LogP contribution in [0.25, 0.3) is 0 Å². The maximum absolute atomic E-state index is 5.70. The van der Waals surface area contributed by atoms with Gasteiger partial charge in [-0.15, -0.1) is 0 Å². The lowest BCUT2D eigenvalue weighted by Gasteiger charge is -2.26. The Labute approximate surface area is 61.5 Å². The van der Waals surface area contributed by atoms with Crippen LogP contribution in [-0.2, 0) is 0 Å². The SMILES string of the molecule is [B]C[Si](CC)(CC)CC. The second kappa shape index (κ2) is 4.15. The van der Waals surface area contributed by atoms with Crippen LogP contribution in [0.4, 0.5) is 0 Å². The second-order valence-corrected chi connectivity index (χ2v) is 8.29. The predicted molar refractivity (Wildman–Crippen MR) is 47.8 cm³/mol. The van der Waals surface area contributed by atoms with Gasteiger partial charge in [0.1, 0.15) is 0 Å². The predicted octanol–water partition coefficient (Wildman–Crippen LogP) is 2.62. The van der Waals surface area contributed by atoms with Gasteiger partial charge in [0.15, 0.2) is 0 Å².